The van der Waals surface area contributed by atoms with Crippen LogP contribution in [0.5, 0.6) is 0 Å². The van der Waals surface area contributed by atoms with E-state index in [1.165, 1.54) is 0 Å². The number of rotatable bonds is 2. The molecule has 0 spiro atoms. The first-order valence-electron chi connectivity index (χ1n) is 4.84. The van der Waals surface area contributed by atoms with Gasteiger partial charge in [-0.15, -0.1) is 0 Å². The summed E-state index contributed by atoms with van der Waals surface area (Å²) in [4.78, 5) is 0. The second-order valence-electron chi connectivity index (χ2n) is 3.55. The molecule has 1 aromatic carbocycles. The smallest absolute Gasteiger partial charge is 0.142 e. The molecular weight excluding hydrogens is 273 g/mol. The van der Waals surface area contributed by atoms with Gasteiger partial charge in [0.25, 0.3) is 0 Å². The Kier molecular flexibility index (Phi) is 3.12. The minimum atomic E-state index is -0.503. The van der Waals surface area contributed by atoms with E-state index in [4.69, 9.17) is 10.2 Å². The van der Waals surface area contributed by atoms with E-state index in [0.29, 0.717) is 15.8 Å². The molecule has 0 amide bonds. The van der Waals surface area contributed by atoms with Gasteiger partial charge in [-0.05, 0) is 35.0 Å². The highest BCUT2D eigenvalue weighted by atomic mass is 79.9. The Morgan fingerprint density at radius 1 is 1.31 bits per heavy atom. The number of hydrogen-bond acceptors (Lipinski definition) is 2. The SMILES string of the molecule is Cc1occc1C(N)c1cccc(Br)c1F. The van der Waals surface area contributed by atoms with Gasteiger partial charge in [0.1, 0.15) is 11.6 Å². The molecule has 0 fully saturated rings. The fourth-order valence-electron chi connectivity index (χ4n) is 1.65. The first-order chi connectivity index (χ1) is 7.61. The molecule has 16 heavy (non-hydrogen) atoms. The lowest BCUT2D eigenvalue weighted by molar-refractivity contribution is 0.525. The van der Waals surface area contributed by atoms with Crippen LogP contribution in [0.3, 0.4) is 0 Å². The van der Waals surface area contributed by atoms with Crippen molar-refractivity contribution in [2.45, 2.75) is 13.0 Å². The fourth-order valence-corrected chi connectivity index (χ4v) is 2.03. The Labute approximate surface area is 101 Å². The minimum absolute atomic E-state index is 0.324. The van der Waals surface area contributed by atoms with Gasteiger partial charge in [0, 0.05) is 11.1 Å². The van der Waals surface area contributed by atoms with Gasteiger partial charge in [0.2, 0.25) is 0 Å². The van der Waals surface area contributed by atoms with Crippen LogP contribution in [0.1, 0.15) is 22.9 Å². The molecule has 1 atom stereocenters. The fraction of sp³-hybridized carbons (Fsp3) is 0.167. The molecule has 1 unspecified atom stereocenters. The van der Waals surface area contributed by atoms with Crippen molar-refractivity contribution >= 4 is 15.9 Å². The van der Waals surface area contributed by atoms with Crippen molar-refractivity contribution in [1.29, 1.82) is 0 Å². The predicted octanol–water partition coefficient (Wildman–Crippen LogP) is 3.54. The van der Waals surface area contributed by atoms with Gasteiger partial charge >= 0.3 is 0 Å². The molecule has 0 saturated heterocycles. The Bertz CT molecular complexity index is 509. The number of hydrogen-bond donors (Lipinski definition) is 1. The molecule has 0 aliphatic carbocycles. The molecule has 0 aliphatic rings. The van der Waals surface area contributed by atoms with E-state index in [-0.39, 0.29) is 5.82 Å². The summed E-state index contributed by atoms with van der Waals surface area (Å²) in [6.45, 7) is 1.81. The largest absolute Gasteiger partial charge is 0.469 e. The summed E-state index contributed by atoms with van der Waals surface area (Å²) in [5.41, 5.74) is 7.27. The van der Waals surface area contributed by atoms with Crippen LogP contribution in [-0.4, -0.2) is 0 Å². The van der Waals surface area contributed by atoms with E-state index in [1.807, 2.05) is 6.92 Å². The van der Waals surface area contributed by atoms with Gasteiger partial charge in [0.05, 0.1) is 16.8 Å². The molecule has 1 aromatic heterocycles. The highest BCUT2D eigenvalue weighted by Gasteiger charge is 2.18. The molecule has 2 rings (SSSR count). The third kappa shape index (κ3) is 1.90. The van der Waals surface area contributed by atoms with Gasteiger partial charge < -0.3 is 10.2 Å². The Balaban J connectivity index is 2.46. The Morgan fingerprint density at radius 2 is 2.06 bits per heavy atom. The summed E-state index contributed by atoms with van der Waals surface area (Å²) in [5, 5.41) is 0. The van der Waals surface area contributed by atoms with Crippen LogP contribution in [0.15, 0.2) is 39.4 Å². The average Bonchev–Trinajstić information content (AvgIpc) is 2.68. The van der Waals surface area contributed by atoms with Crippen molar-refractivity contribution in [2.75, 3.05) is 0 Å². The number of aryl methyl sites for hydroxylation is 1. The van der Waals surface area contributed by atoms with E-state index < -0.39 is 6.04 Å². The van der Waals surface area contributed by atoms with Crippen molar-refractivity contribution in [3.05, 3.63) is 57.7 Å². The van der Waals surface area contributed by atoms with E-state index in [1.54, 1.807) is 30.5 Å². The maximum atomic E-state index is 13.8. The normalized spacial score (nSPS) is 12.8. The highest BCUT2D eigenvalue weighted by Crippen LogP contribution is 2.28. The van der Waals surface area contributed by atoms with Crippen molar-refractivity contribution < 1.29 is 8.81 Å². The van der Waals surface area contributed by atoms with E-state index >= 15 is 0 Å². The van der Waals surface area contributed by atoms with Crippen LogP contribution >= 0.6 is 15.9 Å². The van der Waals surface area contributed by atoms with Crippen LogP contribution in [0, 0.1) is 12.7 Å². The van der Waals surface area contributed by atoms with Gasteiger partial charge in [-0.1, -0.05) is 12.1 Å². The Morgan fingerprint density at radius 3 is 2.69 bits per heavy atom. The molecule has 84 valence electrons. The number of nitrogens with two attached hydrogens (primary N) is 1. The molecule has 0 saturated carbocycles. The molecule has 0 bridgehead atoms. The summed E-state index contributed by atoms with van der Waals surface area (Å²) in [6, 6.07) is 6.35. The van der Waals surface area contributed by atoms with E-state index in [0.717, 1.165) is 5.56 Å². The van der Waals surface area contributed by atoms with Crippen molar-refractivity contribution in [2.24, 2.45) is 5.73 Å². The molecule has 2 aromatic rings. The van der Waals surface area contributed by atoms with E-state index in [2.05, 4.69) is 15.9 Å². The van der Waals surface area contributed by atoms with Crippen LogP contribution < -0.4 is 5.73 Å². The zero-order chi connectivity index (χ0) is 11.7. The van der Waals surface area contributed by atoms with Crippen LogP contribution in [0.25, 0.3) is 0 Å². The van der Waals surface area contributed by atoms with Gasteiger partial charge in [-0.25, -0.2) is 4.39 Å². The van der Waals surface area contributed by atoms with Crippen LogP contribution in [0.4, 0.5) is 4.39 Å². The summed E-state index contributed by atoms with van der Waals surface area (Å²) < 4.78 is 19.4. The summed E-state index contributed by atoms with van der Waals surface area (Å²) in [5.74, 6) is 0.391. The second kappa shape index (κ2) is 4.39. The third-order valence-corrected chi connectivity index (χ3v) is 3.16. The molecule has 1 heterocycles. The maximum absolute atomic E-state index is 13.8. The quantitative estimate of drug-likeness (QED) is 0.916. The molecule has 2 N–H and O–H groups in total. The average molecular weight is 284 g/mol. The number of benzene rings is 1. The number of furan rings is 1. The van der Waals surface area contributed by atoms with Crippen LogP contribution in [-0.2, 0) is 0 Å². The third-order valence-electron chi connectivity index (χ3n) is 2.55. The van der Waals surface area contributed by atoms with E-state index in [9.17, 15) is 4.39 Å². The minimum Gasteiger partial charge on any atom is -0.469 e. The lowest BCUT2D eigenvalue weighted by Gasteiger charge is -2.12. The molecule has 0 aliphatic heterocycles. The van der Waals surface area contributed by atoms with Gasteiger partial charge in [0.15, 0.2) is 0 Å². The number of halogens is 2. The first-order valence-corrected chi connectivity index (χ1v) is 5.64. The van der Waals surface area contributed by atoms with Gasteiger partial charge in [-0.2, -0.15) is 0 Å². The zero-order valence-corrected chi connectivity index (χ0v) is 10.3. The lowest BCUT2D eigenvalue weighted by atomic mass is 10.00. The van der Waals surface area contributed by atoms with Crippen molar-refractivity contribution in [3.63, 3.8) is 0 Å². The summed E-state index contributed by atoms with van der Waals surface area (Å²) >= 11 is 3.14. The monoisotopic (exact) mass is 283 g/mol. The molecule has 0 radical (unpaired) electrons. The second-order valence-corrected chi connectivity index (χ2v) is 4.41. The van der Waals surface area contributed by atoms with Crippen molar-refractivity contribution in [1.82, 2.24) is 0 Å². The topological polar surface area (TPSA) is 39.2 Å². The zero-order valence-electron chi connectivity index (χ0n) is 8.71. The lowest BCUT2D eigenvalue weighted by Crippen LogP contribution is -2.14. The standard InChI is InChI=1S/C12H11BrFNO/c1-7-8(5-6-16-7)12(15)9-3-2-4-10(13)11(9)14/h2-6,12H,15H2,1H3. The summed E-state index contributed by atoms with van der Waals surface area (Å²) in [7, 11) is 0. The predicted molar refractivity (Wildman–Crippen MR) is 63.6 cm³/mol. The highest BCUT2D eigenvalue weighted by molar-refractivity contribution is 9.10. The maximum Gasteiger partial charge on any atom is 0.142 e. The molecular formula is C12H11BrFNO. The Hall–Kier alpha value is -1.13. The summed E-state index contributed by atoms with van der Waals surface area (Å²) in [6.07, 6.45) is 1.56. The van der Waals surface area contributed by atoms with Crippen LogP contribution in [0.2, 0.25) is 0 Å². The van der Waals surface area contributed by atoms with Gasteiger partial charge in [-0.3, -0.25) is 0 Å². The molecule has 2 nitrogen and oxygen atoms in total. The molecule has 4 heteroatoms. The first kappa shape index (κ1) is 11.4. The van der Waals surface area contributed by atoms with Crippen molar-refractivity contribution in [3.8, 4) is 0 Å².